The van der Waals surface area contributed by atoms with Gasteiger partial charge in [-0.05, 0) is 40.9 Å². The van der Waals surface area contributed by atoms with E-state index in [0.29, 0.717) is 6.61 Å². The summed E-state index contributed by atoms with van der Waals surface area (Å²) in [5, 5.41) is 0. The van der Waals surface area contributed by atoms with E-state index in [1.807, 2.05) is 24.3 Å². The summed E-state index contributed by atoms with van der Waals surface area (Å²) < 4.78 is 11.6. The molecule has 1 aromatic carbocycles. The summed E-state index contributed by atoms with van der Waals surface area (Å²) in [6.07, 6.45) is 3.85. The molecule has 0 N–H and O–H groups in total. The maximum atomic E-state index is 5.61. The van der Waals surface area contributed by atoms with Gasteiger partial charge < -0.3 is 9.47 Å². The van der Waals surface area contributed by atoms with Crippen LogP contribution in [0.15, 0.2) is 35.3 Å². The topological polar surface area (TPSA) is 18.5 Å². The van der Waals surface area contributed by atoms with Crippen molar-refractivity contribution in [2.24, 2.45) is 0 Å². The molecule has 0 atom stereocenters. The normalized spacial score (nSPS) is 9.73. The van der Waals surface area contributed by atoms with Gasteiger partial charge in [0.2, 0.25) is 0 Å². The highest BCUT2D eigenvalue weighted by Crippen LogP contribution is 2.33. The van der Waals surface area contributed by atoms with Crippen molar-refractivity contribution in [2.45, 2.75) is 12.8 Å². The highest BCUT2D eigenvalue weighted by Gasteiger charge is 2.05. The second-order valence-electron chi connectivity index (χ2n) is 3.05. The zero-order valence-corrected chi connectivity index (χ0v) is 10.4. The minimum absolute atomic E-state index is 0.692. The van der Waals surface area contributed by atoms with Crippen LogP contribution in [-0.2, 0) is 0 Å². The highest BCUT2D eigenvalue weighted by atomic mass is 79.9. The summed E-state index contributed by atoms with van der Waals surface area (Å²) in [6.45, 7) is 4.36. The lowest BCUT2D eigenvalue weighted by molar-refractivity contribution is 0.307. The minimum Gasteiger partial charge on any atom is -0.495 e. The monoisotopic (exact) mass is 270 g/mol. The Balaban J connectivity index is 2.56. The first-order chi connectivity index (χ1) is 7.29. The lowest BCUT2D eigenvalue weighted by atomic mass is 10.3. The molecule has 0 aliphatic rings. The van der Waals surface area contributed by atoms with Gasteiger partial charge in [0.25, 0.3) is 0 Å². The summed E-state index contributed by atoms with van der Waals surface area (Å²) in [7, 11) is 1.64. The van der Waals surface area contributed by atoms with Crippen LogP contribution in [0, 0.1) is 0 Å². The van der Waals surface area contributed by atoms with E-state index in [-0.39, 0.29) is 0 Å². The molecule has 1 aromatic rings. The molecule has 0 unspecified atom stereocenters. The lowest BCUT2D eigenvalue weighted by Crippen LogP contribution is -1.98. The molecule has 3 heteroatoms. The van der Waals surface area contributed by atoms with Crippen LogP contribution in [-0.4, -0.2) is 13.7 Å². The molecule has 0 amide bonds. The quantitative estimate of drug-likeness (QED) is 0.578. The van der Waals surface area contributed by atoms with Crippen molar-refractivity contribution in [3.8, 4) is 11.5 Å². The first-order valence-corrected chi connectivity index (χ1v) is 5.65. The number of unbranched alkanes of at least 4 members (excludes halogenated alkanes) is 1. The van der Waals surface area contributed by atoms with Crippen molar-refractivity contribution < 1.29 is 9.47 Å². The third-order valence-electron chi connectivity index (χ3n) is 1.96. The Bertz CT molecular complexity index is 323. The van der Waals surface area contributed by atoms with Crippen molar-refractivity contribution >= 4 is 15.9 Å². The minimum atomic E-state index is 0.692. The van der Waals surface area contributed by atoms with E-state index >= 15 is 0 Å². The number of halogens is 1. The number of hydrogen-bond donors (Lipinski definition) is 0. The van der Waals surface area contributed by atoms with Gasteiger partial charge in [-0.1, -0.05) is 12.1 Å². The third kappa shape index (κ3) is 3.59. The fourth-order valence-electron chi connectivity index (χ4n) is 1.17. The Morgan fingerprint density at radius 1 is 1.40 bits per heavy atom. The Kier molecular flexibility index (Phi) is 5.26. The van der Waals surface area contributed by atoms with Gasteiger partial charge in [-0.2, -0.15) is 0 Å². The zero-order valence-electron chi connectivity index (χ0n) is 8.83. The number of allylic oxidation sites excluding steroid dienone is 1. The summed E-state index contributed by atoms with van der Waals surface area (Å²) in [5.74, 6) is 1.61. The van der Waals surface area contributed by atoms with Crippen LogP contribution >= 0.6 is 15.9 Å². The molecule has 0 spiro atoms. The SMILES string of the molecule is C=CCCCOc1cccc(OC)c1Br. The van der Waals surface area contributed by atoms with Gasteiger partial charge in [0.15, 0.2) is 0 Å². The number of ether oxygens (including phenoxy) is 2. The first-order valence-electron chi connectivity index (χ1n) is 4.85. The predicted octanol–water partition coefficient (Wildman–Crippen LogP) is 3.80. The van der Waals surface area contributed by atoms with Crippen LogP contribution in [0.2, 0.25) is 0 Å². The van der Waals surface area contributed by atoms with Gasteiger partial charge in [-0.25, -0.2) is 0 Å². The second-order valence-corrected chi connectivity index (χ2v) is 3.84. The van der Waals surface area contributed by atoms with Crippen molar-refractivity contribution in [2.75, 3.05) is 13.7 Å². The number of rotatable bonds is 6. The van der Waals surface area contributed by atoms with Gasteiger partial charge in [-0.15, -0.1) is 6.58 Å². The summed E-state index contributed by atoms with van der Waals surface area (Å²) in [5.41, 5.74) is 0. The molecule has 0 heterocycles. The van der Waals surface area contributed by atoms with Crippen LogP contribution in [0.3, 0.4) is 0 Å². The molecule has 15 heavy (non-hydrogen) atoms. The molecular weight excluding hydrogens is 256 g/mol. The molecule has 0 saturated heterocycles. The van der Waals surface area contributed by atoms with E-state index in [1.165, 1.54) is 0 Å². The van der Waals surface area contributed by atoms with Crippen molar-refractivity contribution in [3.05, 3.63) is 35.3 Å². The van der Waals surface area contributed by atoms with E-state index in [9.17, 15) is 0 Å². The largest absolute Gasteiger partial charge is 0.495 e. The van der Waals surface area contributed by atoms with Crippen LogP contribution in [0.1, 0.15) is 12.8 Å². The molecular formula is C12H15BrO2. The van der Waals surface area contributed by atoms with E-state index < -0.39 is 0 Å². The molecule has 0 aliphatic carbocycles. The fraction of sp³-hybridized carbons (Fsp3) is 0.333. The van der Waals surface area contributed by atoms with Gasteiger partial charge in [0, 0.05) is 0 Å². The lowest BCUT2D eigenvalue weighted by Gasteiger charge is -2.10. The third-order valence-corrected chi connectivity index (χ3v) is 2.74. The average Bonchev–Trinajstić information content (AvgIpc) is 2.26. The number of benzene rings is 1. The Morgan fingerprint density at radius 3 is 2.80 bits per heavy atom. The van der Waals surface area contributed by atoms with E-state index in [4.69, 9.17) is 9.47 Å². The zero-order chi connectivity index (χ0) is 11.1. The van der Waals surface area contributed by atoms with Gasteiger partial charge in [0.05, 0.1) is 13.7 Å². The number of methoxy groups -OCH3 is 1. The molecule has 2 nitrogen and oxygen atoms in total. The predicted molar refractivity (Wildman–Crippen MR) is 65.6 cm³/mol. The van der Waals surface area contributed by atoms with E-state index in [1.54, 1.807) is 7.11 Å². The fourth-order valence-corrected chi connectivity index (χ4v) is 1.71. The van der Waals surface area contributed by atoms with Crippen LogP contribution in [0.25, 0.3) is 0 Å². The molecule has 0 saturated carbocycles. The van der Waals surface area contributed by atoms with Crippen LogP contribution in [0.4, 0.5) is 0 Å². The van der Waals surface area contributed by atoms with Gasteiger partial charge in [-0.3, -0.25) is 0 Å². The summed E-state index contributed by atoms with van der Waals surface area (Å²) in [4.78, 5) is 0. The molecule has 0 radical (unpaired) electrons. The Morgan fingerprint density at radius 2 is 2.13 bits per heavy atom. The van der Waals surface area contributed by atoms with Crippen molar-refractivity contribution in [1.29, 1.82) is 0 Å². The Labute approximate surface area is 99.0 Å². The summed E-state index contributed by atoms with van der Waals surface area (Å²) >= 11 is 3.44. The maximum Gasteiger partial charge on any atom is 0.137 e. The molecule has 0 aliphatic heterocycles. The molecule has 0 fully saturated rings. The first kappa shape index (κ1) is 12.1. The molecule has 82 valence electrons. The molecule has 1 rings (SSSR count). The van der Waals surface area contributed by atoms with Gasteiger partial charge >= 0.3 is 0 Å². The highest BCUT2D eigenvalue weighted by molar-refractivity contribution is 9.10. The smallest absolute Gasteiger partial charge is 0.137 e. The molecule has 0 bridgehead atoms. The van der Waals surface area contributed by atoms with Crippen molar-refractivity contribution in [1.82, 2.24) is 0 Å². The van der Waals surface area contributed by atoms with E-state index in [0.717, 1.165) is 28.8 Å². The van der Waals surface area contributed by atoms with E-state index in [2.05, 4.69) is 22.5 Å². The average molecular weight is 271 g/mol. The summed E-state index contributed by atoms with van der Waals surface area (Å²) in [6, 6.07) is 5.72. The second kappa shape index (κ2) is 6.51. The van der Waals surface area contributed by atoms with Crippen LogP contribution in [0.5, 0.6) is 11.5 Å². The number of hydrogen-bond acceptors (Lipinski definition) is 2. The maximum absolute atomic E-state index is 5.61. The van der Waals surface area contributed by atoms with Gasteiger partial charge in [0.1, 0.15) is 16.0 Å². The Hall–Kier alpha value is -0.960. The standard InChI is InChI=1S/C12H15BrO2/c1-3-4-5-9-15-11-8-6-7-10(14-2)12(11)13/h3,6-8H,1,4-5,9H2,2H3. The van der Waals surface area contributed by atoms with Crippen LogP contribution < -0.4 is 9.47 Å². The van der Waals surface area contributed by atoms with Crippen molar-refractivity contribution in [3.63, 3.8) is 0 Å². The molecule has 0 aromatic heterocycles.